The number of hydrogen-bond acceptors (Lipinski definition) is 2. The van der Waals surface area contributed by atoms with Crippen molar-refractivity contribution in [2.45, 2.75) is 13.5 Å². The van der Waals surface area contributed by atoms with Crippen LogP contribution in [-0.2, 0) is 11.4 Å². The molecule has 0 radical (unpaired) electrons. The van der Waals surface area contributed by atoms with Gasteiger partial charge in [0.15, 0.2) is 0 Å². The first kappa shape index (κ1) is 13.2. The van der Waals surface area contributed by atoms with Crippen molar-refractivity contribution in [3.63, 3.8) is 0 Å². The van der Waals surface area contributed by atoms with Crippen LogP contribution in [0.3, 0.4) is 0 Å². The van der Waals surface area contributed by atoms with Gasteiger partial charge in [-0.1, -0.05) is 36.4 Å². The van der Waals surface area contributed by atoms with Gasteiger partial charge < -0.3 is 0 Å². The lowest BCUT2D eigenvalue weighted by Crippen LogP contribution is -2.23. The van der Waals surface area contributed by atoms with E-state index in [1.165, 1.54) is 6.07 Å². The molecule has 0 aliphatic rings. The molecule has 1 N–H and O–H groups in total. The molecule has 0 fully saturated rings. The van der Waals surface area contributed by atoms with Crippen LogP contribution in [0.15, 0.2) is 48.5 Å². The van der Waals surface area contributed by atoms with Crippen molar-refractivity contribution in [3.05, 3.63) is 71.0 Å². The molecule has 0 atom stereocenters. The van der Waals surface area contributed by atoms with Crippen molar-refractivity contribution in [1.29, 1.82) is 0 Å². The van der Waals surface area contributed by atoms with Gasteiger partial charge in [-0.2, -0.15) is 0 Å². The Labute approximate surface area is 111 Å². The van der Waals surface area contributed by atoms with Crippen molar-refractivity contribution in [2.24, 2.45) is 0 Å². The van der Waals surface area contributed by atoms with E-state index >= 15 is 0 Å². The molecular weight excluding hydrogens is 245 g/mol. The fraction of sp³-hybridized carbons (Fsp3) is 0.133. The zero-order valence-electron chi connectivity index (χ0n) is 10.5. The van der Waals surface area contributed by atoms with Gasteiger partial charge in [-0.15, -0.1) is 0 Å². The Bertz CT molecular complexity index is 570. The van der Waals surface area contributed by atoms with Gasteiger partial charge in [0, 0.05) is 5.56 Å². The van der Waals surface area contributed by atoms with Crippen molar-refractivity contribution in [3.8, 4) is 0 Å². The summed E-state index contributed by atoms with van der Waals surface area (Å²) < 4.78 is 13.3. The molecule has 1 amide bonds. The number of aryl methyl sites for hydroxylation is 1. The summed E-state index contributed by atoms with van der Waals surface area (Å²) in [7, 11) is 0. The minimum Gasteiger partial charge on any atom is -0.269 e. The number of amides is 1. The van der Waals surface area contributed by atoms with Crippen molar-refractivity contribution in [1.82, 2.24) is 5.48 Å². The number of nitrogens with one attached hydrogen (secondary N) is 1. The Morgan fingerprint density at radius 1 is 1.21 bits per heavy atom. The van der Waals surface area contributed by atoms with Crippen LogP contribution in [-0.4, -0.2) is 5.91 Å². The second kappa shape index (κ2) is 6.11. The average molecular weight is 259 g/mol. The molecule has 0 spiro atoms. The maximum Gasteiger partial charge on any atom is 0.274 e. The lowest BCUT2D eigenvalue weighted by molar-refractivity contribution is 0.0233. The quantitative estimate of drug-likeness (QED) is 0.857. The Morgan fingerprint density at radius 3 is 2.63 bits per heavy atom. The van der Waals surface area contributed by atoms with Gasteiger partial charge in [-0.25, -0.2) is 9.87 Å². The lowest BCUT2D eigenvalue weighted by atomic mass is 10.1. The summed E-state index contributed by atoms with van der Waals surface area (Å²) in [5.41, 5.74) is 3.97. The number of hydrogen-bond donors (Lipinski definition) is 1. The highest BCUT2D eigenvalue weighted by Crippen LogP contribution is 2.09. The van der Waals surface area contributed by atoms with Crippen LogP contribution in [0.5, 0.6) is 0 Å². The second-order valence-corrected chi connectivity index (χ2v) is 4.17. The maximum absolute atomic E-state index is 13.3. The Balaban J connectivity index is 1.89. The van der Waals surface area contributed by atoms with E-state index < -0.39 is 11.7 Å². The van der Waals surface area contributed by atoms with E-state index in [0.717, 1.165) is 5.56 Å². The topological polar surface area (TPSA) is 38.3 Å². The third-order valence-electron chi connectivity index (χ3n) is 2.68. The summed E-state index contributed by atoms with van der Waals surface area (Å²) in [6, 6.07) is 13.7. The van der Waals surface area contributed by atoms with Crippen LogP contribution in [0.4, 0.5) is 4.39 Å². The predicted molar refractivity (Wildman–Crippen MR) is 69.8 cm³/mol. The van der Waals surface area contributed by atoms with Gasteiger partial charge in [0.1, 0.15) is 5.82 Å². The van der Waals surface area contributed by atoms with Crippen LogP contribution in [0.25, 0.3) is 0 Å². The van der Waals surface area contributed by atoms with Crippen LogP contribution < -0.4 is 5.48 Å². The van der Waals surface area contributed by atoms with Crippen molar-refractivity contribution < 1.29 is 14.0 Å². The third kappa shape index (κ3) is 3.63. The molecule has 19 heavy (non-hydrogen) atoms. The molecule has 0 saturated carbocycles. The Kier molecular flexibility index (Phi) is 4.26. The monoisotopic (exact) mass is 259 g/mol. The molecule has 98 valence electrons. The molecule has 0 aromatic heterocycles. The minimum absolute atomic E-state index is 0.233. The maximum atomic E-state index is 13.3. The Morgan fingerprint density at radius 2 is 1.95 bits per heavy atom. The van der Waals surface area contributed by atoms with Gasteiger partial charge in [0.25, 0.3) is 5.91 Å². The number of halogens is 1. The van der Waals surface area contributed by atoms with E-state index in [0.29, 0.717) is 5.56 Å². The summed E-state index contributed by atoms with van der Waals surface area (Å²) in [6.45, 7) is 1.91. The van der Waals surface area contributed by atoms with Gasteiger partial charge >= 0.3 is 0 Å². The van der Waals surface area contributed by atoms with Crippen molar-refractivity contribution in [2.75, 3.05) is 0 Å². The molecule has 2 aromatic carbocycles. The molecule has 3 nitrogen and oxygen atoms in total. The largest absolute Gasteiger partial charge is 0.274 e. The highest BCUT2D eigenvalue weighted by atomic mass is 19.1. The molecule has 0 aliphatic carbocycles. The van der Waals surface area contributed by atoms with E-state index in [4.69, 9.17) is 4.84 Å². The molecule has 0 bridgehead atoms. The SMILES string of the molecule is Cc1ccc(C(=O)NOCc2ccccc2)cc1F. The average Bonchev–Trinajstić information content (AvgIpc) is 2.43. The zero-order chi connectivity index (χ0) is 13.7. The number of hydroxylamine groups is 1. The molecule has 2 aromatic rings. The lowest BCUT2D eigenvalue weighted by Gasteiger charge is -2.06. The fourth-order valence-corrected chi connectivity index (χ4v) is 1.55. The number of carbonyl (C=O) groups is 1. The normalized spacial score (nSPS) is 10.2. The van der Waals surface area contributed by atoms with Crippen LogP contribution in [0.2, 0.25) is 0 Å². The van der Waals surface area contributed by atoms with Gasteiger partial charge in [0.2, 0.25) is 0 Å². The zero-order valence-corrected chi connectivity index (χ0v) is 10.5. The molecule has 2 rings (SSSR count). The van der Waals surface area contributed by atoms with Crippen LogP contribution in [0.1, 0.15) is 21.5 Å². The fourth-order valence-electron chi connectivity index (χ4n) is 1.55. The molecule has 0 unspecified atom stereocenters. The number of rotatable bonds is 4. The predicted octanol–water partition coefficient (Wildman–Crippen LogP) is 3.00. The first-order valence-corrected chi connectivity index (χ1v) is 5.89. The molecule has 0 aliphatic heterocycles. The standard InChI is InChI=1S/C15H14FNO2/c1-11-7-8-13(9-14(11)16)15(18)17-19-10-12-5-3-2-4-6-12/h2-9H,10H2,1H3,(H,17,18). The first-order chi connectivity index (χ1) is 9.16. The van der Waals surface area contributed by atoms with Crippen LogP contribution in [0, 0.1) is 12.7 Å². The van der Waals surface area contributed by atoms with E-state index in [-0.39, 0.29) is 12.2 Å². The minimum atomic E-state index is -0.463. The van der Waals surface area contributed by atoms with Gasteiger partial charge in [0.05, 0.1) is 6.61 Å². The smallest absolute Gasteiger partial charge is 0.269 e. The summed E-state index contributed by atoms with van der Waals surface area (Å²) in [4.78, 5) is 16.8. The summed E-state index contributed by atoms with van der Waals surface area (Å²) in [5, 5.41) is 0. The van der Waals surface area contributed by atoms with Gasteiger partial charge in [-0.05, 0) is 30.2 Å². The van der Waals surface area contributed by atoms with Gasteiger partial charge in [-0.3, -0.25) is 9.63 Å². The molecule has 4 heteroatoms. The van der Waals surface area contributed by atoms with Crippen LogP contribution >= 0.6 is 0 Å². The van der Waals surface area contributed by atoms with E-state index in [9.17, 15) is 9.18 Å². The number of benzene rings is 2. The molecular formula is C15H14FNO2. The summed E-state index contributed by atoms with van der Waals surface area (Å²) in [6.07, 6.45) is 0. The Hall–Kier alpha value is -2.20. The third-order valence-corrected chi connectivity index (χ3v) is 2.68. The molecule has 0 saturated heterocycles. The van der Waals surface area contributed by atoms with E-state index in [1.54, 1.807) is 19.1 Å². The molecule has 0 heterocycles. The van der Waals surface area contributed by atoms with Crippen molar-refractivity contribution >= 4 is 5.91 Å². The summed E-state index contributed by atoms with van der Waals surface area (Å²) >= 11 is 0. The highest BCUT2D eigenvalue weighted by Gasteiger charge is 2.07. The van der Waals surface area contributed by atoms with E-state index in [1.807, 2.05) is 30.3 Å². The second-order valence-electron chi connectivity index (χ2n) is 4.17. The first-order valence-electron chi connectivity index (χ1n) is 5.89. The summed E-state index contributed by atoms with van der Waals surface area (Å²) in [5.74, 6) is -0.870. The number of carbonyl (C=O) groups excluding carboxylic acids is 1. The highest BCUT2D eigenvalue weighted by molar-refractivity contribution is 5.93. The van der Waals surface area contributed by atoms with E-state index in [2.05, 4.69) is 5.48 Å².